The van der Waals surface area contributed by atoms with Gasteiger partial charge in [-0.2, -0.15) is 0 Å². The second-order valence-corrected chi connectivity index (χ2v) is 5.15. The molecule has 2 aromatic rings. The van der Waals surface area contributed by atoms with Crippen LogP contribution in [0.15, 0.2) is 34.7 Å². The van der Waals surface area contributed by atoms with Crippen molar-refractivity contribution in [1.82, 2.24) is 10.2 Å². The molecule has 0 fully saturated rings. The predicted octanol–water partition coefficient (Wildman–Crippen LogP) is 3.08. The maximum atomic E-state index is 13.1. The number of furan rings is 1. The van der Waals surface area contributed by atoms with Crippen LogP contribution in [0, 0.1) is 12.7 Å². The molecular formula is C16H21FN2O. The Balaban J connectivity index is 1.97. The van der Waals surface area contributed by atoms with Gasteiger partial charge in [-0.05, 0) is 50.3 Å². The molecule has 0 aliphatic heterocycles. The van der Waals surface area contributed by atoms with E-state index in [9.17, 15) is 4.39 Å². The van der Waals surface area contributed by atoms with Gasteiger partial charge >= 0.3 is 0 Å². The molecule has 108 valence electrons. The fourth-order valence-electron chi connectivity index (χ4n) is 2.27. The van der Waals surface area contributed by atoms with Crippen molar-refractivity contribution in [3.63, 3.8) is 0 Å². The van der Waals surface area contributed by atoms with Gasteiger partial charge in [0.1, 0.15) is 17.3 Å². The Bertz CT molecular complexity index is 565. The van der Waals surface area contributed by atoms with Crippen LogP contribution in [0.25, 0.3) is 0 Å². The highest BCUT2D eigenvalue weighted by Crippen LogP contribution is 2.17. The Labute approximate surface area is 119 Å². The van der Waals surface area contributed by atoms with Crippen molar-refractivity contribution in [2.75, 3.05) is 14.1 Å². The molecule has 0 spiro atoms. The number of rotatable bonds is 6. The van der Waals surface area contributed by atoms with E-state index in [4.69, 9.17) is 4.42 Å². The molecule has 0 atom stereocenters. The number of halogens is 1. The minimum atomic E-state index is -0.193. The summed E-state index contributed by atoms with van der Waals surface area (Å²) < 4.78 is 19.0. The molecule has 0 unspecified atom stereocenters. The molecule has 0 aliphatic carbocycles. The fourth-order valence-corrected chi connectivity index (χ4v) is 2.27. The molecule has 0 radical (unpaired) electrons. The van der Waals surface area contributed by atoms with Crippen LogP contribution in [-0.2, 0) is 19.6 Å². The van der Waals surface area contributed by atoms with E-state index in [1.54, 1.807) is 12.1 Å². The van der Waals surface area contributed by atoms with Crippen LogP contribution in [0.1, 0.15) is 22.6 Å². The van der Waals surface area contributed by atoms with Crippen molar-refractivity contribution in [2.45, 2.75) is 26.6 Å². The number of aryl methyl sites for hydroxylation is 1. The van der Waals surface area contributed by atoms with E-state index < -0.39 is 0 Å². The summed E-state index contributed by atoms with van der Waals surface area (Å²) in [4.78, 5) is 2.11. The summed E-state index contributed by atoms with van der Waals surface area (Å²) in [5.74, 6) is 1.72. The summed E-state index contributed by atoms with van der Waals surface area (Å²) >= 11 is 0. The van der Waals surface area contributed by atoms with Crippen LogP contribution in [-0.4, -0.2) is 19.0 Å². The lowest BCUT2D eigenvalue weighted by Crippen LogP contribution is -2.16. The van der Waals surface area contributed by atoms with Crippen LogP contribution < -0.4 is 5.32 Å². The first kappa shape index (κ1) is 14.8. The molecule has 20 heavy (non-hydrogen) atoms. The third-order valence-corrected chi connectivity index (χ3v) is 3.18. The monoisotopic (exact) mass is 276 g/mol. The highest BCUT2D eigenvalue weighted by Gasteiger charge is 2.09. The van der Waals surface area contributed by atoms with E-state index >= 15 is 0 Å². The zero-order chi connectivity index (χ0) is 14.5. The minimum absolute atomic E-state index is 0.193. The number of nitrogens with zero attached hydrogens (tertiary/aromatic N) is 1. The Morgan fingerprint density at radius 1 is 1.25 bits per heavy atom. The Hall–Kier alpha value is -1.65. The molecule has 1 N–H and O–H groups in total. The van der Waals surface area contributed by atoms with Gasteiger partial charge in [-0.1, -0.05) is 12.1 Å². The van der Waals surface area contributed by atoms with Crippen LogP contribution >= 0.6 is 0 Å². The van der Waals surface area contributed by atoms with Gasteiger partial charge in [0.25, 0.3) is 0 Å². The largest absolute Gasteiger partial charge is 0.463 e. The average molecular weight is 276 g/mol. The second kappa shape index (κ2) is 6.68. The molecule has 0 aliphatic rings. The third-order valence-electron chi connectivity index (χ3n) is 3.18. The summed E-state index contributed by atoms with van der Waals surface area (Å²) in [7, 11) is 3.90. The molecule has 0 saturated heterocycles. The molecule has 4 heteroatoms. The summed E-state index contributed by atoms with van der Waals surface area (Å²) in [5.41, 5.74) is 2.12. The SMILES string of the molecule is CNCc1oc(CN(C)Cc2cccc(F)c2)cc1C. The summed E-state index contributed by atoms with van der Waals surface area (Å²) in [6.07, 6.45) is 0. The number of hydrogen-bond donors (Lipinski definition) is 1. The Kier molecular flexibility index (Phi) is 4.93. The van der Waals surface area contributed by atoms with Crippen molar-refractivity contribution in [2.24, 2.45) is 0 Å². The van der Waals surface area contributed by atoms with Crippen LogP contribution in [0.3, 0.4) is 0 Å². The number of benzene rings is 1. The van der Waals surface area contributed by atoms with E-state index in [0.717, 1.165) is 29.2 Å². The smallest absolute Gasteiger partial charge is 0.123 e. The molecule has 1 aromatic carbocycles. The molecule has 0 saturated carbocycles. The van der Waals surface area contributed by atoms with E-state index in [0.29, 0.717) is 13.1 Å². The van der Waals surface area contributed by atoms with Gasteiger partial charge in [0, 0.05) is 6.54 Å². The van der Waals surface area contributed by atoms with Gasteiger partial charge < -0.3 is 9.73 Å². The standard InChI is InChI=1S/C16H21FN2O/c1-12-7-15(20-16(12)9-18-2)11-19(3)10-13-5-4-6-14(17)8-13/h4-8,18H,9-11H2,1-3H3. The first-order valence-corrected chi connectivity index (χ1v) is 6.74. The third kappa shape index (κ3) is 3.92. The van der Waals surface area contributed by atoms with Gasteiger partial charge in [-0.15, -0.1) is 0 Å². The lowest BCUT2D eigenvalue weighted by atomic mass is 10.2. The van der Waals surface area contributed by atoms with Gasteiger partial charge in [0.2, 0.25) is 0 Å². The maximum Gasteiger partial charge on any atom is 0.123 e. The van der Waals surface area contributed by atoms with Gasteiger partial charge in [-0.3, -0.25) is 4.90 Å². The first-order chi connectivity index (χ1) is 9.58. The van der Waals surface area contributed by atoms with Gasteiger partial charge in [0.15, 0.2) is 0 Å². The van der Waals surface area contributed by atoms with Crippen molar-refractivity contribution >= 4 is 0 Å². The Morgan fingerprint density at radius 3 is 2.75 bits per heavy atom. The zero-order valence-corrected chi connectivity index (χ0v) is 12.2. The van der Waals surface area contributed by atoms with Crippen LogP contribution in [0.5, 0.6) is 0 Å². The highest BCUT2D eigenvalue weighted by atomic mass is 19.1. The first-order valence-electron chi connectivity index (χ1n) is 6.74. The Morgan fingerprint density at radius 2 is 2.05 bits per heavy atom. The van der Waals surface area contributed by atoms with Crippen LogP contribution in [0.4, 0.5) is 4.39 Å². The van der Waals surface area contributed by atoms with Crippen molar-refractivity contribution in [3.8, 4) is 0 Å². The quantitative estimate of drug-likeness (QED) is 0.879. The minimum Gasteiger partial charge on any atom is -0.463 e. The molecule has 2 rings (SSSR count). The lowest BCUT2D eigenvalue weighted by molar-refractivity contribution is 0.282. The zero-order valence-electron chi connectivity index (χ0n) is 12.2. The normalized spacial score (nSPS) is 11.2. The lowest BCUT2D eigenvalue weighted by Gasteiger charge is -2.15. The summed E-state index contributed by atoms with van der Waals surface area (Å²) in [6.45, 7) is 4.19. The van der Waals surface area contributed by atoms with Crippen molar-refractivity contribution in [1.29, 1.82) is 0 Å². The number of hydrogen-bond acceptors (Lipinski definition) is 3. The second-order valence-electron chi connectivity index (χ2n) is 5.15. The summed E-state index contributed by atoms with van der Waals surface area (Å²) in [5, 5.41) is 3.09. The average Bonchev–Trinajstić information content (AvgIpc) is 2.70. The predicted molar refractivity (Wildman–Crippen MR) is 77.8 cm³/mol. The molecule has 0 bridgehead atoms. The van der Waals surface area contributed by atoms with E-state index in [1.165, 1.54) is 6.07 Å². The van der Waals surface area contributed by atoms with Gasteiger partial charge in [-0.25, -0.2) is 4.39 Å². The summed E-state index contributed by atoms with van der Waals surface area (Å²) in [6, 6.07) is 8.76. The highest BCUT2D eigenvalue weighted by molar-refractivity contribution is 5.20. The molecule has 1 aromatic heterocycles. The molecule has 3 nitrogen and oxygen atoms in total. The van der Waals surface area contributed by atoms with E-state index in [1.807, 2.05) is 27.1 Å². The number of nitrogens with one attached hydrogen (secondary N) is 1. The van der Waals surface area contributed by atoms with Crippen molar-refractivity contribution < 1.29 is 8.81 Å². The fraction of sp³-hybridized carbons (Fsp3) is 0.375. The van der Waals surface area contributed by atoms with E-state index in [2.05, 4.69) is 16.3 Å². The van der Waals surface area contributed by atoms with Crippen LogP contribution in [0.2, 0.25) is 0 Å². The van der Waals surface area contributed by atoms with Crippen molar-refractivity contribution in [3.05, 3.63) is 58.8 Å². The van der Waals surface area contributed by atoms with Gasteiger partial charge in [0.05, 0.1) is 13.1 Å². The maximum absolute atomic E-state index is 13.1. The van der Waals surface area contributed by atoms with E-state index in [-0.39, 0.29) is 5.82 Å². The topological polar surface area (TPSA) is 28.4 Å². The molecule has 1 heterocycles. The molecular weight excluding hydrogens is 255 g/mol. The molecule has 0 amide bonds.